The smallest absolute Gasteiger partial charge is 0.335 e. The van der Waals surface area contributed by atoms with E-state index < -0.39 is 17.9 Å². The number of benzene rings is 3. The molecule has 0 heterocycles. The van der Waals surface area contributed by atoms with Crippen LogP contribution in [0.15, 0.2) is 72.8 Å². The molecule has 31 heavy (non-hydrogen) atoms. The van der Waals surface area contributed by atoms with Gasteiger partial charge in [0.25, 0.3) is 0 Å². The molecule has 6 nitrogen and oxygen atoms in total. The number of carboxylic acids is 3. The number of aryl methyl sites for hydroxylation is 3. The molecule has 0 aromatic heterocycles. The van der Waals surface area contributed by atoms with Gasteiger partial charge in [-0.3, -0.25) is 0 Å². The molecule has 3 aromatic carbocycles. The van der Waals surface area contributed by atoms with E-state index in [-0.39, 0.29) is 38.6 Å². The normalized spacial score (nSPS) is 9.00. The van der Waals surface area contributed by atoms with Crippen molar-refractivity contribution in [3.8, 4) is 0 Å². The molecule has 3 rings (SSSR count). The van der Waals surface area contributed by atoms with Crippen molar-refractivity contribution in [2.75, 3.05) is 0 Å². The first-order valence-corrected chi connectivity index (χ1v) is 9.00. The van der Waals surface area contributed by atoms with Crippen LogP contribution in [-0.4, -0.2) is 33.2 Å². The van der Waals surface area contributed by atoms with Gasteiger partial charge in [-0.15, -0.1) is 0 Å². The molecule has 0 spiro atoms. The number of carbonyl (C=O) groups is 3. The van der Waals surface area contributed by atoms with Gasteiger partial charge in [-0.05, 0) is 57.2 Å². The Labute approximate surface area is 212 Å². The Morgan fingerprint density at radius 2 is 0.742 bits per heavy atom. The minimum Gasteiger partial charge on any atom is -0.478 e. The number of carboxylic acid groups (broad SMARTS) is 3. The monoisotopic (exact) mass is 567 g/mol. The second-order valence-electron chi connectivity index (χ2n) is 6.52. The van der Waals surface area contributed by atoms with Gasteiger partial charge in [0.2, 0.25) is 0 Å². The van der Waals surface area contributed by atoms with Crippen LogP contribution in [0.2, 0.25) is 0 Å². The molecular weight excluding hydrogens is 543 g/mol. The van der Waals surface area contributed by atoms with Gasteiger partial charge in [-0.25, -0.2) is 14.4 Å². The third kappa shape index (κ3) is 11.4. The molecule has 3 N–H and O–H groups in total. The minimum absolute atomic E-state index is 0. The Morgan fingerprint density at radius 1 is 0.516 bits per heavy atom. The zero-order chi connectivity index (χ0) is 22.7. The van der Waals surface area contributed by atoms with Gasteiger partial charge in [0, 0.05) is 38.6 Å². The molecule has 3 aromatic rings. The van der Waals surface area contributed by atoms with E-state index in [0.717, 1.165) is 16.7 Å². The fourth-order valence-corrected chi connectivity index (χ4v) is 2.33. The van der Waals surface area contributed by atoms with E-state index in [9.17, 15) is 14.4 Å². The summed E-state index contributed by atoms with van der Waals surface area (Å²) >= 11 is 0. The summed E-state index contributed by atoms with van der Waals surface area (Å²) < 4.78 is 0. The van der Waals surface area contributed by atoms with Gasteiger partial charge in [-0.2, -0.15) is 0 Å². The average molecular weight is 567 g/mol. The quantitative estimate of drug-likeness (QED) is 0.407. The summed E-state index contributed by atoms with van der Waals surface area (Å²) in [5.74, 6) is -2.61. The van der Waals surface area contributed by atoms with Gasteiger partial charge in [-0.1, -0.05) is 53.1 Å². The van der Waals surface area contributed by atoms with Crippen LogP contribution in [0.5, 0.6) is 0 Å². The number of aromatic carboxylic acids is 3. The molecule has 1 radical (unpaired) electrons. The van der Waals surface area contributed by atoms with Crippen molar-refractivity contribution in [2.45, 2.75) is 20.8 Å². The molecule has 0 amide bonds. The maximum absolute atomic E-state index is 10.4. The Kier molecular flexibility index (Phi) is 13.2. The molecule has 0 fully saturated rings. The van der Waals surface area contributed by atoms with Crippen molar-refractivity contribution in [1.82, 2.24) is 0 Å². The van der Waals surface area contributed by atoms with Gasteiger partial charge in [0.05, 0.1) is 16.7 Å². The summed E-state index contributed by atoms with van der Waals surface area (Å²) in [6.45, 7) is 5.60. The first-order chi connectivity index (χ1) is 14.1. The predicted octanol–water partition coefficient (Wildman–Crippen LogP) is 5.08. The van der Waals surface area contributed by atoms with Crippen LogP contribution in [-0.2, 0) is 0 Å². The van der Waals surface area contributed by atoms with E-state index in [1.165, 1.54) is 0 Å². The van der Waals surface area contributed by atoms with E-state index in [1.807, 2.05) is 39.0 Å². The Balaban J connectivity index is 0.000000429. The summed E-state index contributed by atoms with van der Waals surface area (Å²) in [5.41, 5.74) is 3.96. The molecule has 0 unspecified atom stereocenters. The topological polar surface area (TPSA) is 112 Å². The zero-order valence-corrected chi connectivity index (χ0v) is 19.5. The zero-order valence-electron chi connectivity index (χ0n) is 17.3. The van der Waals surface area contributed by atoms with Crippen LogP contribution in [0.3, 0.4) is 0 Å². The maximum Gasteiger partial charge on any atom is 0.335 e. The van der Waals surface area contributed by atoms with E-state index in [4.69, 9.17) is 15.3 Å². The Bertz CT molecular complexity index is 898. The van der Waals surface area contributed by atoms with Gasteiger partial charge in [0.15, 0.2) is 0 Å². The van der Waals surface area contributed by atoms with Crippen molar-refractivity contribution in [1.29, 1.82) is 0 Å². The summed E-state index contributed by atoms with van der Waals surface area (Å²) in [4.78, 5) is 31.1. The van der Waals surface area contributed by atoms with Crippen LogP contribution in [0.1, 0.15) is 47.8 Å². The molecule has 0 aliphatic heterocycles. The summed E-state index contributed by atoms with van der Waals surface area (Å²) in [6.07, 6.45) is 0. The molecule has 0 bridgehead atoms. The largest absolute Gasteiger partial charge is 0.478 e. The second-order valence-corrected chi connectivity index (χ2v) is 6.52. The summed E-state index contributed by atoms with van der Waals surface area (Å²) in [5, 5.41) is 25.5. The number of hydrogen-bond donors (Lipinski definition) is 3. The standard InChI is InChI=1S/3C8H8O2.Tb/c3*1-6-3-2-4-7(5-6)8(9)10;/h3*2-5H,1H3,(H,9,10);. The van der Waals surface area contributed by atoms with Crippen molar-refractivity contribution < 1.29 is 68.3 Å². The molecule has 0 saturated carbocycles. The Morgan fingerprint density at radius 3 is 0.871 bits per heavy atom. The van der Waals surface area contributed by atoms with Crippen LogP contribution in [0.4, 0.5) is 0 Å². The van der Waals surface area contributed by atoms with Crippen molar-refractivity contribution in [2.24, 2.45) is 0 Å². The maximum atomic E-state index is 10.4. The SMILES string of the molecule is Cc1cccc(C(=O)O)c1.Cc1cccc(C(=O)O)c1.Cc1cccc(C(=O)O)c1.[Tb]. The number of rotatable bonds is 3. The molecule has 0 aliphatic rings. The van der Waals surface area contributed by atoms with Crippen LogP contribution < -0.4 is 0 Å². The third-order valence-electron chi connectivity index (χ3n) is 3.80. The Hall–Kier alpha value is -2.64. The fraction of sp³-hybridized carbons (Fsp3) is 0.125. The molecule has 165 valence electrons. The van der Waals surface area contributed by atoms with Crippen molar-refractivity contribution in [3.63, 3.8) is 0 Å². The predicted molar refractivity (Wildman–Crippen MR) is 114 cm³/mol. The van der Waals surface area contributed by atoms with Gasteiger partial charge in [0.1, 0.15) is 0 Å². The van der Waals surface area contributed by atoms with Gasteiger partial charge < -0.3 is 15.3 Å². The van der Waals surface area contributed by atoms with E-state index in [0.29, 0.717) is 16.7 Å². The molecule has 0 atom stereocenters. The summed E-state index contributed by atoms with van der Waals surface area (Å²) in [7, 11) is 0. The van der Waals surface area contributed by atoms with Crippen molar-refractivity contribution in [3.05, 3.63) is 106 Å². The molecule has 0 saturated heterocycles. The van der Waals surface area contributed by atoms with E-state index in [2.05, 4.69) is 0 Å². The first kappa shape index (κ1) is 28.4. The fourth-order valence-electron chi connectivity index (χ4n) is 2.33. The van der Waals surface area contributed by atoms with E-state index in [1.54, 1.807) is 54.6 Å². The second kappa shape index (κ2) is 14.4. The van der Waals surface area contributed by atoms with E-state index >= 15 is 0 Å². The van der Waals surface area contributed by atoms with Crippen LogP contribution in [0, 0.1) is 59.4 Å². The first-order valence-electron chi connectivity index (χ1n) is 9.00. The minimum atomic E-state index is -0.872. The average Bonchev–Trinajstić information content (AvgIpc) is 2.69. The molecule has 7 heteroatoms. The molecular formula is C24H24O6Tb. The van der Waals surface area contributed by atoms with Crippen LogP contribution >= 0.6 is 0 Å². The summed E-state index contributed by atoms with van der Waals surface area (Å²) in [6, 6.07) is 20.5. The molecule has 0 aliphatic carbocycles. The van der Waals surface area contributed by atoms with Crippen molar-refractivity contribution >= 4 is 17.9 Å². The van der Waals surface area contributed by atoms with Gasteiger partial charge >= 0.3 is 17.9 Å². The van der Waals surface area contributed by atoms with Crippen LogP contribution in [0.25, 0.3) is 0 Å². The third-order valence-corrected chi connectivity index (χ3v) is 3.80. The number of hydrogen-bond acceptors (Lipinski definition) is 3.